The van der Waals surface area contributed by atoms with E-state index in [0.717, 1.165) is 40.5 Å². The zero-order valence-electron chi connectivity index (χ0n) is 18.4. The molecule has 1 amide bonds. The number of nitrogens with one attached hydrogen (secondary N) is 1. The summed E-state index contributed by atoms with van der Waals surface area (Å²) in [7, 11) is 0. The Bertz CT molecular complexity index is 1420. The Kier molecular flexibility index (Phi) is 4.44. The summed E-state index contributed by atoms with van der Waals surface area (Å²) in [5, 5.41) is 2.09. The maximum atomic E-state index is 13.3. The lowest BCUT2D eigenvalue weighted by molar-refractivity contribution is -0.144. The molecule has 3 N–H and O–H groups in total. The van der Waals surface area contributed by atoms with E-state index in [-0.39, 0.29) is 12.0 Å². The number of pyridine rings is 1. The number of hydrogen-bond acceptors (Lipinski definition) is 6. The van der Waals surface area contributed by atoms with E-state index in [2.05, 4.69) is 38.4 Å². The highest BCUT2D eigenvalue weighted by atomic mass is 35.5. The predicted molar refractivity (Wildman–Crippen MR) is 126 cm³/mol. The van der Waals surface area contributed by atoms with E-state index in [1.165, 1.54) is 6.33 Å². The molecule has 6 heterocycles. The first-order valence-corrected chi connectivity index (χ1v) is 11.4. The van der Waals surface area contributed by atoms with Gasteiger partial charge in [-0.25, -0.2) is 15.0 Å². The van der Waals surface area contributed by atoms with E-state index in [4.69, 9.17) is 22.1 Å². The molecule has 1 fully saturated rings. The minimum atomic E-state index is -0.435. The highest BCUT2D eigenvalue weighted by Crippen LogP contribution is 2.45. The number of carbonyl (C=O) groups excluding carboxylic acids is 1. The molecule has 9 nitrogen and oxygen atoms in total. The quantitative estimate of drug-likeness (QED) is 0.468. The second-order valence-electron chi connectivity index (χ2n) is 9.34. The molecule has 0 aromatic carbocycles. The van der Waals surface area contributed by atoms with Crippen LogP contribution in [0.15, 0.2) is 24.7 Å². The summed E-state index contributed by atoms with van der Waals surface area (Å²) in [6, 6.07) is 3.77. The molecule has 2 aliphatic rings. The smallest absolute Gasteiger partial charge is 0.252 e. The van der Waals surface area contributed by atoms with Crippen LogP contribution in [0.1, 0.15) is 32.4 Å². The van der Waals surface area contributed by atoms with Crippen LogP contribution in [-0.4, -0.2) is 54.6 Å². The molecule has 0 spiro atoms. The fourth-order valence-electron chi connectivity index (χ4n) is 5.32. The Labute approximate surface area is 194 Å². The van der Waals surface area contributed by atoms with Crippen LogP contribution in [0, 0.1) is 0 Å². The molecule has 33 heavy (non-hydrogen) atoms. The van der Waals surface area contributed by atoms with E-state index in [9.17, 15) is 4.79 Å². The molecule has 170 valence electrons. The average molecular weight is 466 g/mol. The number of amides is 1. The van der Waals surface area contributed by atoms with Crippen LogP contribution in [-0.2, 0) is 21.6 Å². The van der Waals surface area contributed by atoms with E-state index < -0.39 is 5.54 Å². The van der Waals surface area contributed by atoms with Crippen molar-refractivity contribution < 1.29 is 9.53 Å². The number of anilines is 1. The predicted octanol–water partition coefficient (Wildman–Crippen LogP) is 3.47. The zero-order chi connectivity index (χ0) is 22.9. The summed E-state index contributed by atoms with van der Waals surface area (Å²) < 4.78 is 7.87. The van der Waals surface area contributed by atoms with Crippen LogP contribution in [0.3, 0.4) is 0 Å². The van der Waals surface area contributed by atoms with E-state index in [1.807, 2.05) is 17.0 Å². The van der Waals surface area contributed by atoms with Gasteiger partial charge in [-0.3, -0.25) is 4.79 Å². The number of aromatic nitrogens is 5. The number of carbonyl (C=O) groups is 1. The van der Waals surface area contributed by atoms with Crippen molar-refractivity contribution in [2.45, 2.75) is 44.9 Å². The highest BCUT2D eigenvalue weighted by molar-refractivity contribution is 6.38. The monoisotopic (exact) mass is 465 g/mol. The van der Waals surface area contributed by atoms with Gasteiger partial charge >= 0.3 is 0 Å². The molecule has 0 aliphatic carbocycles. The van der Waals surface area contributed by atoms with Gasteiger partial charge in [-0.15, -0.1) is 0 Å². The van der Waals surface area contributed by atoms with Gasteiger partial charge in [-0.05, 0) is 38.8 Å². The topological polar surface area (TPSA) is 115 Å². The van der Waals surface area contributed by atoms with Crippen molar-refractivity contribution in [3.05, 3.63) is 35.4 Å². The van der Waals surface area contributed by atoms with Crippen molar-refractivity contribution in [2.24, 2.45) is 0 Å². The number of nitrogen functional groups attached to an aromatic ring is 1. The number of rotatable bonds is 2. The van der Waals surface area contributed by atoms with Crippen LogP contribution in [0.2, 0.25) is 5.02 Å². The summed E-state index contributed by atoms with van der Waals surface area (Å²) in [6.45, 7) is 5.76. The molecule has 0 unspecified atom stereocenters. The number of halogens is 1. The number of H-pyrrole nitrogens is 1. The van der Waals surface area contributed by atoms with Gasteiger partial charge in [0.2, 0.25) is 0 Å². The Hall–Kier alpha value is -3.17. The summed E-state index contributed by atoms with van der Waals surface area (Å²) in [6.07, 6.45) is 4.47. The standard InChI is InChI=1S/C23H24ClN7O2/c1-23(2)10-30(22(32)14-6-4-8-33-14)9-13-15(16-19(25)27-11-28-21(16)31(13)23)18-17(24)12-5-3-7-26-20(12)29-18/h3,5,7,11,14H,4,6,8-10H2,1-2H3,(H,26,29)(H2,25,27,28)/t14-/m1/s1. The van der Waals surface area contributed by atoms with Gasteiger partial charge in [0.15, 0.2) is 0 Å². The van der Waals surface area contributed by atoms with Gasteiger partial charge in [-0.2, -0.15) is 0 Å². The molecular formula is C23H24ClN7O2. The Balaban J connectivity index is 1.62. The number of nitrogens with two attached hydrogens (primary N) is 1. The molecule has 1 atom stereocenters. The second-order valence-corrected chi connectivity index (χ2v) is 9.71. The van der Waals surface area contributed by atoms with Crippen LogP contribution in [0.25, 0.3) is 33.3 Å². The molecule has 10 heteroatoms. The molecule has 0 radical (unpaired) electrons. The number of aromatic amines is 1. The fourth-order valence-corrected chi connectivity index (χ4v) is 5.62. The first-order chi connectivity index (χ1) is 15.9. The molecule has 0 bridgehead atoms. The lowest BCUT2D eigenvalue weighted by Crippen LogP contribution is -2.51. The van der Waals surface area contributed by atoms with Gasteiger partial charge in [0.25, 0.3) is 5.91 Å². The number of ether oxygens (including phenoxy) is 1. The van der Waals surface area contributed by atoms with E-state index >= 15 is 0 Å². The number of nitrogens with zero attached hydrogens (tertiary/aromatic N) is 5. The summed E-state index contributed by atoms with van der Waals surface area (Å²) in [4.78, 5) is 31.9. The van der Waals surface area contributed by atoms with Gasteiger partial charge in [0.1, 0.15) is 29.5 Å². The van der Waals surface area contributed by atoms with E-state index in [1.54, 1.807) is 6.20 Å². The highest BCUT2D eigenvalue weighted by Gasteiger charge is 2.41. The molecule has 4 aromatic heterocycles. The minimum absolute atomic E-state index is 0.0199. The largest absolute Gasteiger partial charge is 0.383 e. The Morgan fingerprint density at radius 3 is 2.94 bits per heavy atom. The summed E-state index contributed by atoms with van der Waals surface area (Å²) >= 11 is 6.85. The first kappa shape index (κ1) is 20.4. The van der Waals surface area contributed by atoms with Crippen molar-refractivity contribution >= 4 is 45.4 Å². The maximum Gasteiger partial charge on any atom is 0.252 e. The van der Waals surface area contributed by atoms with Crippen LogP contribution in [0.4, 0.5) is 5.82 Å². The van der Waals surface area contributed by atoms with Gasteiger partial charge in [0, 0.05) is 36.0 Å². The lowest BCUT2D eigenvalue weighted by Gasteiger charge is -2.41. The molecule has 0 saturated carbocycles. The molecule has 4 aromatic rings. The van der Waals surface area contributed by atoms with Crippen molar-refractivity contribution in [1.29, 1.82) is 0 Å². The molecule has 2 aliphatic heterocycles. The van der Waals surface area contributed by atoms with Crippen molar-refractivity contribution in [3.63, 3.8) is 0 Å². The normalized spacial score (nSPS) is 20.0. The van der Waals surface area contributed by atoms with Gasteiger partial charge in [0.05, 0.1) is 28.2 Å². The third-order valence-electron chi connectivity index (χ3n) is 6.67. The van der Waals surface area contributed by atoms with Crippen LogP contribution >= 0.6 is 11.6 Å². The average Bonchev–Trinajstić information content (AvgIpc) is 3.50. The Morgan fingerprint density at radius 2 is 2.18 bits per heavy atom. The van der Waals surface area contributed by atoms with E-state index in [0.29, 0.717) is 41.9 Å². The zero-order valence-corrected chi connectivity index (χ0v) is 19.2. The molecular weight excluding hydrogens is 442 g/mol. The number of hydrogen-bond donors (Lipinski definition) is 2. The van der Waals surface area contributed by atoms with Gasteiger partial charge in [-0.1, -0.05) is 11.6 Å². The molecule has 1 saturated heterocycles. The third-order valence-corrected chi connectivity index (χ3v) is 7.07. The maximum absolute atomic E-state index is 13.3. The van der Waals surface area contributed by atoms with Crippen LogP contribution < -0.4 is 5.73 Å². The summed E-state index contributed by atoms with van der Waals surface area (Å²) in [5.74, 6) is 0.388. The van der Waals surface area contributed by atoms with Crippen molar-refractivity contribution in [3.8, 4) is 11.3 Å². The Morgan fingerprint density at radius 1 is 1.33 bits per heavy atom. The number of fused-ring (bicyclic) bond motifs is 4. The second kappa shape index (κ2) is 7.16. The van der Waals surface area contributed by atoms with Crippen molar-refractivity contribution in [2.75, 3.05) is 18.9 Å². The van der Waals surface area contributed by atoms with Crippen molar-refractivity contribution in [1.82, 2.24) is 29.4 Å². The first-order valence-electron chi connectivity index (χ1n) is 11.0. The SMILES string of the molecule is CC1(C)CN(C(=O)[C@H]2CCCO2)Cc2c(-c3[nH]c4ncccc4c3Cl)c3c(N)ncnc3n21. The third kappa shape index (κ3) is 2.95. The fraction of sp³-hybridized carbons (Fsp3) is 0.391. The van der Waals surface area contributed by atoms with Gasteiger partial charge < -0.3 is 24.9 Å². The van der Waals surface area contributed by atoms with Crippen LogP contribution in [0.5, 0.6) is 0 Å². The minimum Gasteiger partial charge on any atom is -0.383 e. The molecule has 6 rings (SSSR count). The summed E-state index contributed by atoms with van der Waals surface area (Å²) in [5.41, 5.74) is 9.79. The lowest BCUT2D eigenvalue weighted by atomic mass is 9.98.